The molecular formula is C27H37F3N6O. The molecule has 1 saturated heterocycles. The van der Waals surface area contributed by atoms with Crippen LogP contribution in [0.4, 0.5) is 24.9 Å². The summed E-state index contributed by atoms with van der Waals surface area (Å²) in [6.45, 7) is 3.82. The maximum atomic E-state index is 13.5. The average Bonchev–Trinajstić information content (AvgIpc) is 2.87. The van der Waals surface area contributed by atoms with Gasteiger partial charge in [0.05, 0.1) is 17.4 Å². The lowest BCUT2D eigenvalue weighted by Crippen LogP contribution is -2.36. The lowest BCUT2D eigenvalue weighted by Gasteiger charge is -2.27. The van der Waals surface area contributed by atoms with Crippen molar-refractivity contribution in [1.29, 1.82) is 0 Å². The number of alkyl halides is 3. The second-order valence-corrected chi connectivity index (χ2v) is 10.2. The minimum absolute atomic E-state index is 0.0624. The van der Waals surface area contributed by atoms with Crippen LogP contribution < -0.4 is 10.6 Å². The first-order valence-electron chi connectivity index (χ1n) is 13.2. The average molecular weight is 519 g/mol. The molecule has 4 rings (SSSR count). The number of nitrogens with zero attached hydrogens (tertiary/aromatic N) is 4. The van der Waals surface area contributed by atoms with E-state index in [0.717, 1.165) is 44.3 Å². The van der Waals surface area contributed by atoms with E-state index in [-0.39, 0.29) is 24.5 Å². The molecule has 1 aliphatic heterocycles. The van der Waals surface area contributed by atoms with Crippen LogP contribution in [0, 0.1) is 0 Å². The summed E-state index contributed by atoms with van der Waals surface area (Å²) in [5.41, 5.74) is 3.70. The van der Waals surface area contributed by atoms with Gasteiger partial charge in [-0.2, -0.15) is 18.2 Å². The first kappa shape index (κ1) is 27.3. The van der Waals surface area contributed by atoms with Gasteiger partial charge in [-0.05, 0) is 63.6 Å². The number of nitrogens with one attached hydrogen (secondary N) is 2. The maximum Gasteiger partial charge on any atom is 0.408 e. The van der Waals surface area contributed by atoms with Crippen LogP contribution in [0.15, 0.2) is 30.1 Å². The van der Waals surface area contributed by atoms with Gasteiger partial charge in [-0.3, -0.25) is 4.98 Å². The molecule has 202 valence electrons. The molecule has 10 heteroatoms. The van der Waals surface area contributed by atoms with E-state index in [1.165, 1.54) is 11.8 Å². The topological polar surface area (TPSA) is 86.2 Å². The van der Waals surface area contributed by atoms with E-state index in [1.54, 1.807) is 6.92 Å². The molecule has 2 fully saturated rings. The lowest BCUT2D eigenvalue weighted by atomic mass is 9.93. The van der Waals surface area contributed by atoms with Crippen molar-refractivity contribution >= 4 is 17.8 Å². The van der Waals surface area contributed by atoms with Gasteiger partial charge >= 0.3 is 6.18 Å². The number of halogens is 3. The molecule has 37 heavy (non-hydrogen) atoms. The third-order valence-electron chi connectivity index (χ3n) is 7.16. The number of aromatic nitrogens is 3. The monoisotopic (exact) mass is 518 g/mol. The zero-order valence-corrected chi connectivity index (χ0v) is 21.6. The fourth-order valence-corrected chi connectivity index (χ4v) is 4.86. The molecule has 1 aliphatic carbocycles. The van der Waals surface area contributed by atoms with Gasteiger partial charge < -0.3 is 20.6 Å². The number of likely N-dealkylation sites (tertiary alicyclic amines) is 1. The highest BCUT2D eigenvalue weighted by molar-refractivity contribution is 5.73. The second kappa shape index (κ2) is 12.2. The van der Waals surface area contributed by atoms with Gasteiger partial charge in [-0.15, -0.1) is 0 Å². The maximum absolute atomic E-state index is 13.5. The zero-order chi connectivity index (χ0) is 26.4. The van der Waals surface area contributed by atoms with Crippen molar-refractivity contribution in [2.75, 3.05) is 30.8 Å². The number of anilines is 2. The molecule has 1 atom stereocenters. The first-order valence-corrected chi connectivity index (χ1v) is 13.2. The predicted octanol–water partition coefficient (Wildman–Crippen LogP) is 5.51. The van der Waals surface area contributed by atoms with E-state index in [4.69, 9.17) is 0 Å². The van der Waals surface area contributed by atoms with Gasteiger partial charge in [0.25, 0.3) is 0 Å². The van der Waals surface area contributed by atoms with Crippen LogP contribution in [0.2, 0.25) is 0 Å². The van der Waals surface area contributed by atoms with Gasteiger partial charge in [-0.1, -0.05) is 31.1 Å². The molecule has 0 spiro atoms. The Bertz CT molecular complexity index is 1040. The molecule has 0 aromatic carbocycles. The Morgan fingerprint density at radius 2 is 1.84 bits per heavy atom. The number of hydrogen-bond acceptors (Lipinski definition) is 7. The lowest BCUT2D eigenvalue weighted by molar-refractivity contribution is -0.143. The highest BCUT2D eigenvalue weighted by Gasteiger charge is 2.39. The minimum atomic E-state index is -4.40. The van der Waals surface area contributed by atoms with Crippen molar-refractivity contribution in [2.24, 2.45) is 0 Å². The molecular weight excluding hydrogens is 481 g/mol. The van der Waals surface area contributed by atoms with Crippen LogP contribution in [0.25, 0.3) is 17.3 Å². The van der Waals surface area contributed by atoms with E-state index in [2.05, 4.69) is 43.6 Å². The molecule has 7 nitrogen and oxygen atoms in total. The minimum Gasteiger partial charge on any atom is -0.393 e. The van der Waals surface area contributed by atoms with Gasteiger partial charge in [0.1, 0.15) is 11.9 Å². The molecule has 3 N–H and O–H groups in total. The number of aliphatic hydroxyl groups excluding tert-OH is 1. The van der Waals surface area contributed by atoms with Crippen LogP contribution in [-0.4, -0.2) is 69.5 Å². The molecule has 3 heterocycles. The van der Waals surface area contributed by atoms with Crippen LogP contribution in [-0.2, 0) is 0 Å². The van der Waals surface area contributed by atoms with Gasteiger partial charge in [0.15, 0.2) is 0 Å². The van der Waals surface area contributed by atoms with E-state index >= 15 is 0 Å². The Balaban J connectivity index is 1.58. The summed E-state index contributed by atoms with van der Waals surface area (Å²) < 4.78 is 40.5. The van der Waals surface area contributed by atoms with Gasteiger partial charge in [0, 0.05) is 31.5 Å². The van der Waals surface area contributed by atoms with Crippen LogP contribution >= 0.6 is 0 Å². The molecule has 0 radical (unpaired) electrons. The smallest absolute Gasteiger partial charge is 0.393 e. The molecule has 2 aromatic rings. The number of hydrogen-bond donors (Lipinski definition) is 3. The Morgan fingerprint density at radius 1 is 1.11 bits per heavy atom. The predicted molar refractivity (Wildman–Crippen MR) is 140 cm³/mol. The van der Waals surface area contributed by atoms with Crippen LogP contribution in [0.1, 0.15) is 63.9 Å². The summed E-state index contributed by atoms with van der Waals surface area (Å²) in [5.74, 6) is 0.381. The summed E-state index contributed by atoms with van der Waals surface area (Å²) in [7, 11) is 2.13. The van der Waals surface area contributed by atoms with Crippen molar-refractivity contribution < 1.29 is 18.3 Å². The Morgan fingerprint density at radius 3 is 2.46 bits per heavy atom. The highest BCUT2D eigenvalue weighted by Crippen LogP contribution is 2.31. The van der Waals surface area contributed by atoms with Gasteiger partial charge in [0.2, 0.25) is 5.95 Å². The first-order chi connectivity index (χ1) is 17.7. The fraction of sp³-hybridized carbons (Fsp3) is 0.593. The van der Waals surface area contributed by atoms with E-state index in [1.807, 2.05) is 18.3 Å². The van der Waals surface area contributed by atoms with E-state index < -0.39 is 12.2 Å². The molecule has 0 bridgehead atoms. The van der Waals surface area contributed by atoms with E-state index in [0.29, 0.717) is 36.3 Å². The molecule has 0 amide bonds. The number of pyridine rings is 1. The van der Waals surface area contributed by atoms with Crippen LogP contribution in [0.3, 0.4) is 0 Å². The Kier molecular flexibility index (Phi) is 9.02. The van der Waals surface area contributed by atoms with Gasteiger partial charge in [-0.25, -0.2) is 4.98 Å². The van der Waals surface area contributed by atoms with Crippen molar-refractivity contribution in [3.63, 3.8) is 0 Å². The number of piperidine rings is 1. The number of rotatable bonds is 8. The molecule has 2 aliphatic rings. The van der Waals surface area contributed by atoms with Crippen LogP contribution in [0.5, 0.6) is 0 Å². The standard InChI is InChI=1S/C27H37F3N6O/c1-3-4-24(27(28,29)30)34-26-32-17-22(25(35-26)33-20-6-8-21(37)9-7-20)23-10-5-19(16-31-23)15-18-11-13-36(2)14-12-18/h5,10,15-17,20-21,24,37H,3-4,6-9,11-14H2,1-2H3,(H2,32,33,34,35)/t20-,21-,24-/m1/s1. The second-order valence-electron chi connectivity index (χ2n) is 10.2. The normalized spacial score (nSPS) is 21.9. The largest absolute Gasteiger partial charge is 0.408 e. The molecule has 2 aromatic heterocycles. The number of aliphatic hydroxyl groups is 1. The Labute approximate surface area is 216 Å². The molecule has 1 saturated carbocycles. The van der Waals surface area contributed by atoms with Crippen molar-refractivity contribution in [2.45, 2.75) is 82.7 Å². The van der Waals surface area contributed by atoms with Crippen molar-refractivity contribution in [3.8, 4) is 11.3 Å². The van der Waals surface area contributed by atoms with Crippen molar-refractivity contribution in [3.05, 3.63) is 35.7 Å². The summed E-state index contributed by atoms with van der Waals surface area (Å²) in [4.78, 5) is 15.6. The molecule has 0 unspecified atom stereocenters. The zero-order valence-electron chi connectivity index (χ0n) is 21.6. The quantitative estimate of drug-likeness (QED) is 0.425. The summed E-state index contributed by atoms with van der Waals surface area (Å²) >= 11 is 0. The third kappa shape index (κ3) is 7.64. The third-order valence-corrected chi connectivity index (χ3v) is 7.16. The fourth-order valence-electron chi connectivity index (χ4n) is 4.86. The highest BCUT2D eigenvalue weighted by atomic mass is 19.4. The SMILES string of the molecule is CCC[C@@H](Nc1ncc(-c2ccc(C=C3CCN(C)CC3)cn2)c(N[C@H]2CC[C@H](O)CC2)n1)C(F)(F)F. The summed E-state index contributed by atoms with van der Waals surface area (Å²) in [6.07, 6.45) is 6.09. The Hall–Kier alpha value is -2.72. The van der Waals surface area contributed by atoms with E-state index in [9.17, 15) is 18.3 Å². The van der Waals surface area contributed by atoms with Crippen molar-refractivity contribution in [1.82, 2.24) is 19.9 Å². The summed E-state index contributed by atoms with van der Waals surface area (Å²) in [6, 6.07) is 2.25. The summed E-state index contributed by atoms with van der Waals surface area (Å²) in [5, 5.41) is 15.7.